The second-order valence-corrected chi connectivity index (χ2v) is 5.11. The van der Waals surface area contributed by atoms with E-state index in [0.717, 1.165) is 37.0 Å². The molecular weight excluding hydrogens is 228 g/mol. The third kappa shape index (κ3) is 3.47. The van der Waals surface area contributed by atoms with Gasteiger partial charge in [-0.3, -0.25) is 0 Å². The number of aliphatic hydroxyl groups is 2. The normalized spacial score (nSPS) is 26.4. The molecule has 0 bridgehead atoms. The van der Waals surface area contributed by atoms with Gasteiger partial charge >= 0.3 is 0 Å². The molecule has 1 aromatic carbocycles. The van der Waals surface area contributed by atoms with Crippen molar-refractivity contribution in [3.63, 3.8) is 0 Å². The molecule has 0 spiro atoms. The molecule has 18 heavy (non-hydrogen) atoms. The lowest BCUT2D eigenvalue weighted by Crippen LogP contribution is -2.30. The molecule has 2 rings (SSSR count). The minimum atomic E-state index is -0.456. The molecule has 1 fully saturated rings. The van der Waals surface area contributed by atoms with E-state index in [1.54, 1.807) is 6.92 Å². The number of aliphatic hydroxyl groups excluding tert-OH is 2. The van der Waals surface area contributed by atoms with Gasteiger partial charge in [0, 0.05) is 0 Å². The Balaban J connectivity index is 1.99. The maximum Gasteiger partial charge on any atom is 0.124 e. The van der Waals surface area contributed by atoms with Crippen LogP contribution in [0.4, 0.5) is 0 Å². The Hall–Kier alpha value is -1.06. The fourth-order valence-electron chi connectivity index (χ4n) is 2.39. The van der Waals surface area contributed by atoms with Crippen LogP contribution in [-0.2, 0) is 0 Å². The van der Waals surface area contributed by atoms with Gasteiger partial charge in [-0.2, -0.15) is 0 Å². The van der Waals surface area contributed by atoms with Crippen LogP contribution < -0.4 is 4.74 Å². The Kier molecular flexibility index (Phi) is 4.61. The fourth-order valence-corrected chi connectivity index (χ4v) is 2.39. The summed E-state index contributed by atoms with van der Waals surface area (Å²) in [4.78, 5) is 0. The Bertz CT molecular complexity index is 359. The summed E-state index contributed by atoms with van der Waals surface area (Å²) in [6.45, 7) is 1.74. The molecule has 1 aliphatic carbocycles. The molecule has 1 saturated carbocycles. The molecular formula is C15H22O3. The van der Waals surface area contributed by atoms with Crippen LogP contribution >= 0.6 is 0 Å². The lowest BCUT2D eigenvalue weighted by molar-refractivity contribution is 0.0319. The van der Waals surface area contributed by atoms with Crippen LogP contribution in [0, 0.1) is 0 Å². The van der Waals surface area contributed by atoms with Crippen LogP contribution in [0.25, 0.3) is 0 Å². The third-order valence-corrected chi connectivity index (χ3v) is 3.57. The Morgan fingerprint density at radius 1 is 1.11 bits per heavy atom. The highest BCUT2D eigenvalue weighted by atomic mass is 16.5. The van der Waals surface area contributed by atoms with Gasteiger partial charge in [0.05, 0.1) is 12.2 Å². The number of rotatable bonds is 3. The van der Waals surface area contributed by atoms with Crippen molar-refractivity contribution < 1.29 is 14.9 Å². The molecule has 0 saturated heterocycles. The molecule has 1 aromatic rings. The molecule has 3 nitrogen and oxygen atoms in total. The van der Waals surface area contributed by atoms with E-state index >= 15 is 0 Å². The highest BCUT2D eigenvalue weighted by Gasteiger charge is 2.23. The SMILES string of the molecule is C[C@@H](O)c1ccc(OC2CCCCCC2O)cc1. The maximum atomic E-state index is 9.99. The number of ether oxygens (including phenoxy) is 1. The molecule has 3 heteroatoms. The van der Waals surface area contributed by atoms with Crippen LogP contribution in [0.15, 0.2) is 24.3 Å². The summed E-state index contributed by atoms with van der Waals surface area (Å²) in [6.07, 6.45) is 4.22. The Labute approximate surface area is 108 Å². The number of hydrogen-bond acceptors (Lipinski definition) is 3. The fraction of sp³-hybridized carbons (Fsp3) is 0.600. The molecule has 0 aliphatic heterocycles. The standard InChI is InChI=1S/C15H22O3/c1-11(16)12-7-9-13(10-8-12)18-15-6-4-2-3-5-14(15)17/h7-11,14-17H,2-6H2,1H3/t11-,14?,15?/m1/s1. The molecule has 2 unspecified atom stereocenters. The minimum absolute atomic E-state index is 0.0927. The smallest absolute Gasteiger partial charge is 0.124 e. The van der Waals surface area contributed by atoms with Crippen molar-refractivity contribution in [3.05, 3.63) is 29.8 Å². The average Bonchev–Trinajstić information content (AvgIpc) is 2.56. The van der Waals surface area contributed by atoms with Crippen molar-refractivity contribution >= 4 is 0 Å². The summed E-state index contributed by atoms with van der Waals surface area (Å²) in [5.74, 6) is 0.769. The van der Waals surface area contributed by atoms with Crippen molar-refractivity contribution in [1.82, 2.24) is 0 Å². The molecule has 0 aromatic heterocycles. The monoisotopic (exact) mass is 250 g/mol. The number of hydrogen-bond donors (Lipinski definition) is 2. The van der Waals surface area contributed by atoms with Gasteiger partial charge in [-0.1, -0.05) is 25.0 Å². The molecule has 1 aliphatic rings. The van der Waals surface area contributed by atoms with Gasteiger partial charge in [0.25, 0.3) is 0 Å². The largest absolute Gasteiger partial charge is 0.488 e. The van der Waals surface area contributed by atoms with Crippen molar-refractivity contribution in [2.75, 3.05) is 0 Å². The summed E-state index contributed by atoms with van der Waals surface area (Å²) in [6, 6.07) is 7.45. The van der Waals surface area contributed by atoms with Crippen molar-refractivity contribution in [2.24, 2.45) is 0 Å². The summed E-state index contributed by atoms with van der Waals surface area (Å²) in [5.41, 5.74) is 0.878. The first kappa shape index (κ1) is 13.4. The van der Waals surface area contributed by atoms with Crippen LogP contribution in [0.1, 0.15) is 50.7 Å². The summed E-state index contributed by atoms with van der Waals surface area (Å²) in [5, 5.41) is 19.4. The van der Waals surface area contributed by atoms with E-state index in [1.807, 2.05) is 24.3 Å². The van der Waals surface area contributed by atoms with E-state index in [0.29, 0.717) is 0 Å². The van der Waals surface area contributed by atoms with Gasteiger partial charge in [0.1, 0.15) is 11.9 Å². The highest BCUT2D eigenvalue weighted by molar-refractivity contribution is 5.28. The first-order valence-corrected chi connectivity index (χ1v) is 6.79. The first-order chi connectivity index (χ1) is 8.66. The van der Waals surface area contributed by atoms with E-state index in [1.165, 1.54) is 6.42 Å². The average molecular weight is 250 g/mol. The minimum Gasteiger partial charge on any atom is -0.488 e. The van der Waals surface area contributed by atoms with E-state index in [-0.39, 0.29) is 12.2 Å². The predicted octanol–water partition coefficient (Wildman–Crippen LogP) is 2.81. The van der Waals surface area contributed by atoms with E-state index in [2.05, 4.69) is 0 Å². The molecule has 0 amide bonds. The van der Waals surface area contributed by atoms with Crippen molar-refractivity contribution in [3.8, 4) is 5.75 Å². The van der Waals surface area contributed by atoms with Gasteiger partial charge in [0.2, 0.25) is 0 Å². The zero-order valence-corrected chi connectivity index (χ0v) is 10.9. The lowest BCUT2D eigenvalue weighted by atomic mass is 10.1. The van der Waals surface area contributed by atoms with Crippen LogP contribution in [0.3, 0.4) is 0 Å². The summed E-state index contributed by atoms with van der Waals surface area (Å²) in [7, 11) is 0. The van der Waals surface area contributed by atoms with Crippen LogP contribution in [0.5, 0.6) is 5.75 Å². The van der Waals surface area contributed by atoms with Gasteiger partial charge in [-0.15, -0.1) is 0 Å². The zero-order valence-electron chi connectivity index (χ0n) is 10.9. The van der Waals surface area contributed by atoms with Gasteiger partial charge in [-0.05, 0) is 43.9 Å². The molecule has 3 atom stereocenters. The number of benzene rings is 1. The summed E-state index contributed by atoms with van der Waals surface area (Å²) >= 11 is 0. The second kappa shape index (κ2) is 6.21. The Morgan fingerprint density at radius 2 is 1.78 bits per heavy atom. The predicted molar refractivity (Wildman–Crippen MR) is 70.6 cm³/mol. The lowest BCUT2D eigenvalue weighted by Gasteiger charge is -2.22. The van der Waals surface area contributed by atoms with Crippen molar-refractivity contribution in [1.29, 1.82) is 0 Å². The van der Waals surface area contributed by atoms with E-state index in [9.17, 15) is 10.2 Å². The third-order valence-electron chi connectivity index (χ3n) is 3.57. The van der Waals surface area contributed by atoms with E-state index < -0.39 is 6.10 Å². The second-order valence-electron chi connectivity index (χ2n) is 5.11. The topological polar surface area (TPSA) is 49.7 Å². The van der Waals surface area contributed by atoms with Gasteiger partial charge < -0.3 is 14.9 Å². The van der Waals surface area contributed by atoms with Gasteiger partial charge in [0.15, 0.2) is 0 Å². The van der Waals surface area contributed by atoms with Crippen LogP contribution in [-0.4, -0.2) is 22.4 Å². The zero-order chi connectivity index (χ0) is 13.0. The maximum absolute atomic E-state index is 9.99. The Morgan fingerprint density at radius 3 is 2.44 bits per heavy atom. The van der Waals surface area contributed by atoms with E-state index in [4.69, 9.17) is 4.74 Å². The summed E-state index contributed by atoms with van der Waals surface area (Å²) < 4.78 is 5.85. The van der Waals surface area contributed by atoms with Gasteiger partial charge in [-0.25, -0.2) is 0 Å². The molecule has 100 valence electrons. The molecule has 0 heterocycles. The highest BCUT2D eigenvalue weighted by Crippen LogP contribution is 2.24. The molecule has 2 N–H and O–H groups in total. The molecule has 0 radical (unpaired) electrons. The van der Waals surface area contributed by atoms with Crippen LogP contribution in [0.2, 0.25) is 0 Å². The quantitative estimate of drug-likeness (QED) is 0.811. The first-order valence-electron chi connectivity index (χ1n) is 6.79. The van der Waals surface area contributed by atoms with Crippen molar-refractivity contribution in [2.45, 2.75) is 57.3 Å².